The van der Waals surface area contributed by atoms with Gasteiger partial charge in [-0.05, 0) is 38.5 Å². The third-order valence-corrected chi connectivity index (χ3v) is 4.02. The van der Waals surface area contributed by atoms with E-state index >= 15 is 0 Å². The number of hydrogen-bond donors (Lipinski definition) is 2. The zero-order valence-electron chi connectivity index (χ0n) is 10.6. The van der Waals surface area contributed by atoms with Gasteiger partial charge in [-0.1, -0.05) is 13.3 Å². The second-order valence-corrected chi connectivity index (χ2v) is 5.09. The van der Waals surface area contributed by atoms with Crippen molar-refractivity contribution in [3.63, 3.8) is 0 Å². The van der Waals surface area contributed by atoms with E-state index < -0.39 is 0 Å². The van der Waals surface area contributed by atoms with Gasteiger partial charge in [0.05, 0.1) is 5.56 Å². The number of aromatic amines is 1. The Morgan fingerprint density at radius 3 is 2.53 bits per heavy atom. The summed E-state index contributed by atoms with van der Waals surface area (Å²) in [6.07, 6.45) is 5.96. The van der Waals surface area contributed by atoms with E-state index in [1.54, 1.807) is 6.92 Å². The Balaban J connectivity index is 2.16. The van der Waals surface area contributed by atoms with Crippen molar-refractivity contribution in [2.45, 2.75) is 51.9 Å². The maximum Gasteiger partial charge on any atom is 0.255 e. The zero-order valence-corrected chi connectivity index (χ0v) is 10.6. The summed E-state index contributed by atoms with van der Waals surface area (Å²) < 4.78 is 0. The van der Waals surface area contributed by atoms with Crippen LogP contribution in [0, 0.1) is 12.8 Å². The maximum atomic E-state index is 11.6. The molecule has 4 heteroatoms. The van der Waals surface area contributed by atoms with Crippen molar-refractivity contribution in [2.24, 2.45) is 5.92 Å². The molecule has 0 amide bonds. The van der Waals surface area contributed by atoms with Gasteiger partial charge in [-0.25, -0.2) is 4.98 Å². The average Bonchev–Trinajstić information content (AvgIpc) is 2.35. The number of nitrogens with zero attached hydrogens (tertiary/aromatic N) is 1. The summed E-state index contributed by atoms with van der Waals surface area (Å²) >= 11 is 0. The first-order valence-corrected chi connectivity index (χ1v) is 6.48. The van der Waals surface area contributed by atoms with Gasteiger partial charge in [0.15, 0.2) is 0 Å². The van der Waals surface area contributed by atoms with Crippen molar-refractivity contribution in [1.82, 2.24) is 9.97 Å². The van der Waals surface area contributed by atoms with Gasteiger partial charge < -0.3 is 10.7 Å². The molecule has 0 radical (unpaired) electrons. The molecule has 0 spiro atoms. The number of nitrogens with one attached hydrogen (secondary N) is 1. The van der Waals surface area contributed by atoms with E-state index in [1.165, 1.54) is 19.3 Å². The van der Waals surface area contributed by atoms with Gasteiger partial charge in [0, 0.05) is 5.92 Å². The first kappa shape index (κ1) is 12.1. The Morgan fingerprint density at radius 2 is 2.00 bits per heavy atom. The first-order chi connectivity index (χ1) is 8.11. The Labute approximate surface area is 102 Å². The largest absolute Gasteiger partial charge is 0.383 e. The van der Waals surface area contributed by atoms with Crippen LogP contribution in [0.15, 0.2) is 4.79 Å². The van der Waals surface area contributed by atoms with Crippen LogP contribution < -0.4 is 11.3 Å². The number of aromatic nitrogens is 2. The number of H-pyrrole nitrogens is 1. The highest BCUT2D eigenvalue weighted by atomic mass is 16.1. The molecule has 94 valence electrons. The highest BCUT2D eigenvalue weighted by Gasteiger charge is 2.23. The van der Waals surface area contributed by atoms with Crippen molar-refractivity contribution in [2.75, 3.05) is 5.73 Å². The summed E-state index contributed by atoms with van der Waals surface area (Å²) in [5.41, 5.74) is 6.18. The minimum atomic E-state index is -0.0925. The van der Waals surface area contributed by atoms with Crippen molar-refractivity contribution in [3.8, 4) is 0 Å². The molecule has 1 heterocycles. The normalized spacial score (nSPS) is 24.8. The third kappa shape index (κ3) is 2.51. The lowest BCUT2D eigenvalue weighted by Crippen LogP contribution is -2.21. The second kappa shape index (κ2) is 4.90. The van der Waals surface area contributed by atoms with Gasteiger partial charge in [-0.2, -0.15) is 0 Å². The van der Waals surface area contributed by atoms with E-state index in [2.05, 4.69) is 16.9 Å². The molecule has 3 N–H and O–H groups in total. The van der Waals surface area contributed by atoms with E-state index in [-0.39, 0.29) is 5.56 Å². The summed E-state index contributed by atoms with van der Waals surface area (Å²) in [7, 11) is 0. The number of rotatable bonds is 2. The highest BCUT2D eigenvalue weighted by Crippen LogP contribution is 2.35. The fraction of sp³-hybridized carbons (Fsp3) is 0.692. The van der Waals surface area contributed by atoms with Crippen LogP contribution in [-0.2, 0) is 0 Å². The Hall–Kier alpha value is -1.32. The molecular formula is C13H21N3O. The minimum Gasteiger partial charge on any atom is -0.383 e. The summed E-state index contributed by atoms with van der Waals surface area (Å²) in [5.74, 6) is 2.39. The van der Waals surface area contributed by atoms with Crippen LogP contribution in [0.3, 0.4) is 0 Å². The lowest BCUT2D eigenvalue weighted by molar-refractivity contribution is 0.312. The van der Waals surface area contributed by atoms with Crippen molar-refractivity contribution in [1.29, 1.82) is 0 Å². The smallest absolute Gasteiger partial charge is 0.255 e. The topological polar surface area (TPSA) is 71.8 Å². The van der Waals surface area contributed by atoms with Gasteiger partial charge in [0.2, 0.25) is 0 Å². The van der Waals surface area contributed by atoms with Gasteiger partial charge >= 0.3 is 0 Å². The molecule has 0 aliphatic heterocycles. The van der Waals surface area contributed by atoms with E-state index in [1.807, 2.05) is 0 Å². The lowest BCUT2D eigenvalue weighted by Gasteiger charge is -2.27. The molecule has 1 fully saturated rings. The maximum absolute atomic E-state index is 11.6. The number of nitrogen functional groups attached to an aromatic ring is 1. The average molecular weight is 235 g/mol. The van der Waals surface area contributed by atoms with Crippen LogP contribution in [0.1, 0.15) is 56.3 Å². The standard InChI is InChI=1S/C13H21N3O/c1-3-9-4-6-10(7-5-9)12-15-11(14)8(2)13(17)16-12/h9-10H,3-7H2,1-2H3,(H3,14,15,16,17). The Morgan fingerprint density at radius 1 is 1.35 bits per heavy atom. The molecule has 1 saturated carbocycles. The van der Waals surface area contributed by atoms with E-state index in [4.69, 9.17) is 5.73 Å². The fourth-order valence-corrected chi connectivity index (χ4v) is 2.61. The molecule has 0 atom stereocenters. The number of hydrogen-bond acceptors (Lipinski definition) is 3. The lowest BCUT2D eigenvalue weighted by atomic mass is 9.80. The minimum absolute atomic E-state index is 0.0925. The Kier molecular flexibility index (Phi) is 3.50. The molecular weight excluding hydrogens is 214 g/mol. The van der Waals surface area contributed by atoms with Crippen LogP contribution in [0.25, 0.3) is 0 Å². The Bertz CT molecular complexity index is 444. The molecule has 2 rings (SSSR count). The molecule has 1 aromatic heterocycles. The van der Waals surface area contributed by atoms with Crippen LogP contribution in [-0.4, -0.2) is 9.97 Å². The van der Waals surface area contributed by atoms with Crippen LogP contribution in [0.4, 0.5) is 5.82 Å². The second-order valence-electron chi connectivity index (χ2n) is 5.09. The summed E-state index contributed by atoms with van der Waals surface area (Å²) in [6.45, 7) is 3.95. The SMILES string of the molecule is CCC1CCC(c2nc(N)c(C)c(=O)[nH]2)CC1. The van der Waals surface area contributed by atoms with Crippen molar-refractivity contribution in [3.05, 3.63) is 21.7 Å². The van der Waals surface area contributed by atoms with Gasteiger partial charge in [0.1, 0.15) is 11.6 Å². The van der Waals surface area contributed by atoms with Crippen molar-refractivity contribution < 1.29 is 0 Å². The highest BCUT2D eigenvalue weighted by molar-refractivity contribution is 5.36. The van der Waals surface area contributed by atoms with Crippen LogP contribution in [0.5, 0.6) is 0 Å². The molecule has 1 aromatic rings. The molecule has 4 nitrogen and oxygen atoms in total. The molecule has 0 saturated heterocycles. The van der Waals surface area contributed by atoms with Crippen LogP contribution in [0.2, 0.25) is 0 Å². The van der Waals surface area contributed by atoms with E-state index in [0.29, 0.717) is 17.3 Å². The number of nitrogens with two attached hydrogens (primary N) is 1. The predicted octanol–water partition coefficient (Wildman–Crippen LogP) is 2.34. The molecule has 17 heavy (non-hydrogen) atoms. The molecule has 1 aliphatic carbocycles. The fourth-order valence-electron chi connectivity index (χ4n) is 2.61. The van der Waals surface area contributed by atoms with E-state index in [9.17, 15) is 4.79 Å². The summed E-state index contributed by atoms with van der Waals surface area (Å²) in [4.78, 5) is 18.9. The van der Waals surface area contributed by atoms with Crippen LogP contribution >= 0.6 is 0 Å². The molecule has 1 aliphatic rings. The molecule has 0 aromatic carbocycles. The van der Waals surface area contributed by atoms with Gasteiger partial charge in [0.25, 0.3) is 5.56 Å². The zero-order chi connectivity index (χ0) is 12.4. The van der Waals surface area contributed by atoms with E-state index in [0.717, 1.165) is 24.6 Å². The molecule has 0 bridgehead atoms. The van der Waals surface area contributed by atoms with Gasteiger partial charge in [-0.15, -0.1) is 0 Å². The predicted molar refractivity (Wildman–Crippen MR) is 69.0 cm³/mol. The molecule has 0 unspecified atom stereocenters. The first-order valence-electron chi connectivity index (χ1n) is 6.48. The van der Waals surface area contributed by atoms with Gasteiger partial charge in [-0.3, -0.25) is 4.79 Å². The third-order valence-electron chi connectivity index (χ3n) is 4.02. The monoisotopic (exact) mass is 235 g/mol. The summed E-state index contributed by atoms with van der Waals surface area (Å²) in [6, 6.07) is 0. The quantitative estimate of drug-likeness (QED) is 0.826. The van der Waals surface area contributed by atoms with Crippen molar-refractivity contribution >= 4 is 5.82 Å². The number of anilines is 1. The summed E-state index contributed by atoms with van der Waals surface area (Å²) in [5, 5.41) is 0.